The Kier molecular flexibility index (Phi) is 2.08. The summed E-state index contributed by atoms with van der Waals surface area (Å²) in [6.45, 7) is 3.65. The van der Waals surface area contributed by atoms with Crippen LogP contribution in [0.1, 0.15) is 19.7 Å². The van der Waals surface area contributed by atoms with Crippen molar-refractivity contribution in [1.82, 2.24) is 19.7 Å². The summed E-state index contributed by atoms with van der Waals surface area (Å²) in [6, 6.07) is 0. The zero-order valence-corrected chi connectivity index (χ0v) is 8.93. The molecule has 0 aliphatic carbocycles. The maximum atomic E-state index is 5.85. The molecule has 6 heteroatoms. The zero-order valence-electron chi connectivity index (χ0n) is 8.93. The fourth-order valence-corrected chi connectivity index (χ4v) is 1.15. The van der Waals surface area contributed by atoms with Crippen molar-refractivity contribution in [1.29, 1.82) is 0 Å². The first-order valence-corrected chi connectivity index (χ1v) is 4.58. The highest BCUT2D eigenvalue weighted by molar-refractivity contribution is 5.45. The van der Waals surface area contributed by atoms with E-state index in [1.165, 1.54) is 0 Å². The van der Waals surface area contributed by atoms with Crippen molar-refractivity contribution >= 4 is 0 Å². The van der Waals surface area contributed by atoms with Crippen molar-refractivity contribution in [3.8, 4) is 11.6 Å². The van der Waals surface area contributed by atoms with Crippen molar-refractivity contribution in [2.24, 2.45) is 12.8 Å². The van der Waals surface area contributed by atoms with E-state index in [1.807, 2.05) is 20.9 Å². The van der Waals surface area contributed by atoms with E-state index in [4.69, 9.17) is 10.3 Å². The molecule has 80 valence electrons. The summed E-state index contributed by atoms with van der Waals surface area (Å²) in [5, 5.41) is 3.83. The van der Waals surface area contributed by atoms with E-state index >= 15 is 0 Å². The van der Waals surface area contributed by atoms with E-state index in [2.05, 4.69) is 15.1 Å². The monoisotopic (exact) mass is 207 g/mol. The van der Waals surface area contributed by atoms with E-state index in [0.29, 0.717) is 11.7 Å². The fraction of sp³-hybridized carbons (Fsp3) is 0.444. The molecule has 0 fully saturated rings. The van der Waals surface area contributed by atoms with E-state index < -0.39 is 5.54 Å². The molecule has 2 heterocycles. The van der Waals surface area contributed by atoms with Crippen LogP contribution in [0.4, 0.5) is 0 Å². The van der Waals surface area contributed by atoms with E-state index in [1.54, 1.807) is 17.1 Å². The molecule has 0 bridgehead atoms. The molecule has 0 saturated carbocycles. The van der Waals surface area contributed by atoms with Gasteiger partial charge in [0.1, 0.15) is 5.69 Å². The van der Waals surface area contributed by atoms with Gasteiger partial charge >= 0.3 is 0 Å². The molecule has 2 rings (SSSR count). The normalized spacial score (nSPS) is 12.0. The van der Waals surface area contributed by atoms with Gasteiger partial charge in [-0.3, -0.25) is 0 Å². The zero-order chi connectivity index (χ0) is 11.1. The summed E-state index contributed by atoms with van der Waals surface area (Å²) in [7, 11) is 1.86. The Morgan fingerprint density at radius 1 is 1.47 bits per heavy atom. The lowest BCUT2D eigenvalue weighted by Gasteiger charge is -2.11. The molecule has 2 N–H and O–H groups in total. The molecular formula is C9H13N5O. The van der Waals surface area contributed by atoms with Gasteiger partial charge in [-0.1, -0.05) is 5.16 Å². The minimum absolute atomic E-state index is 0.434. The van der Waals surface area contributed by atoms with Crippen LogP contribution in [-0.2, 0) is 12.6 Å². The van der Waals surface area contributed by atoms with Crippen LogP contribution in [0.3, 0.4) is 0 Å². The first-order chi connectivity index (χ1) is 6.98. The van der Waals surface area contributed by atoms with Crippen LogP contribution in [-0.4, -0.2) is 19.7 Å². The van der Waals surface area contributed by atoms with Crippen molar-refractivity contribution in [2.75, 3.05) is 0 Å². The van der Waals surface area contributed by atoms with Gasteiger partial charge in [-0.05, 0) is 13.8 Å². The Bertz CT molecular complexity index is 465. The van der Waals surface area contributed by atoms with Crippen molar-refractivity contribution < 1.29 is 4.52 Å². The summed E-state index contributed by atoms with van der Waals surface area (Å²) in [5.41, 5.74) is 6.03. The van der Waals surface area contributed by atoms with E-state index in [-0.39, 0.29) is 0 Å². The van der Waals surface area contributed by atoms with Gasteiger partial charge in [-0.15, -0.1) is 0 Å². The highest BCUT2D eigenvalue weighted by Gasteiger charge is 2.22. The number of nitrogens with zero attached hydrogens (tertiary/aromatic N) is 4. The van der Waals surface area contributed by atoms with Crippen molar-refractivity contribution in [3.05, 3.63) is 18.3 Å². The molecule has 6 nitrogen and oxygen atoms in total. The van der Waals surface area contributed by atoms with Gasteiger partial charge < -0.3 is 14.8 Å². The molecule has 0 aromatic carbocycles. The number of aryl methyl sites for hydroxylation is 1. The maximum Gasteiger partial charge on any atom is 0.276 e. The summed E-state index contributed by atoms with van der Waals surface area (Å²) >= 11 is 0. The second-order valence-corrected chi connectivity index (χ2v) is 4.03. The molecular weight excluding hydrogens is 194 g/mol. The van der Waals surface area contributed by atoms with E-state index in [9.17, 15) is 0 Å². The third kappa shape index (κ3) is 1.75. The summed E-state index contributed by atoms with van der Waals surface area (Å²) < 4.78 is 6.92. The lowest BCUT2D eigenvalue weighted by atomic mass is 10.1. The lowest BCUT2D eigenvalue weighted by Crippen LogP contribution is -2.30. The fourth-order valence-electron chi connectivity index (χ4n) is 1.15. The number of aromatic nitrogens is 4. The molecule has 0 amide bonds. The van der Waals surface area contributed by atoms with Crippen LogP contribution in [0.2, 0.25) is 0 Å². The Morgan fingerprint density at radius 2 is 2.20 bits per heavy atom. The van der Waals surface area contributed by atoms with Gasteiger partial charge in [0, 0.05) is 7.05 Å². The predicted molar refractivity (Wildman–Crippen MR) is 53.7 cm³/mol. The number of imidazole rings is 1. The molecule has 0 radical (unpaired) electrons. The smallest absolute Gasteiger partial charge is 0.276 e. The standard InChI is InChI=1S/C9H13N5O/c1-9(2,10)8-12-7(15-13-8)6-4-11-5-14(6)3/h4-5H,10H2,1-3H3. The number of hydrogen-bond donors (Lipinski definition) is 1. The second kappa shape index (κ2) is 3.16. The molecule has 2 aromatic rings. The molecule has 0 atom stereocenters. The van der Waals surface area contributed by atoms with Crippen LogP contribution >= 0.6 is 0 Å². The first kappa shape index (κ1) is 9.85. The third-order valence-electron chi connectivity index (χ3n) is 2.04. The van der Waals surface area contributed by atoms with Crippen LogP contribution in [0.25, 0.3) is 11.6 Å². The van der Waals surface area contributed by atoms with Crippen LogP contribution in [0.15, 0.2) is 17.0 Å². The maximum absolute atomic E-state index is 5.85. The highest BCUT2D eigenvalue weighted by Crippen LogP contribution is 2.19. The van der Waals surface area contributed by atoms with Crippen LogP contribution in [0.5, 0.6) is 0 Å². The number of nitrogens with two attached hydrogens (primary N) is 1. The second-order valence-electron chi connectivity index (χ2n) is 4.03. The average molecular weight is 207 g/mol. The van der Waals surface area contributed by atoms with Crippen LogP contribution < -0.4 is 5.73 Å². The Balaban J connectivity index is 2.41. The number of rotatable bonds is 2. The van der Waals surface area contributed by atoms with Gasteiger partial charge in [-0.2, -0.15) is 4.98 Å². The number of hydrogen-bond acceptors (Lipinski definition) is 5. The molecule has 15 heavy (non-hydrogen) atoms. The van der Waals surface area contributed by atoms with Gasteiger partial charge in [0.05, 0.1) is 18.1 Å². The third-order valence-corrected chi connectivity index (χ3v) is 2.04. The lowest BCUT2D eigenvalue weighted by molar-refractivity contribution is 0.395. The van der Waals surface area contributed by atoms with E-state index in [0.717, 1.165) is 5.69 Å². The van der Waals surface area contributed by atoms with Gasteiger partial charge in [0.2, 0.25) is 0 Å². The SMILES string of the molecule is Cn1cncc1-c1nc(C(C)(C)N)no1. The minimum Gasteiger partial charge on any atom is -0.332 e. The van der Waals surface area contributed by atoms with Gasteiger partial charge in [-0.25, -0.2) is 4.98 Å². The van der Waals surface area contributed by atoms with Crippen molar-refractivity contribution in [3.63, 3.8) is 0 Å². The van der Waals surface area contributed by atoms with Gasteiger partial charge in [0.25, 0.3) is 5.89 Å². The molecule has 2 aromatic heterocycles. The summed E-state index contributed by atoms with van der Waals surface area (Å²) in [4.78, 5) is 8.19. The Morgan fingerprint density at radius 3 is 2.67 bits per heavy atom. The summed E-state index contributed by atoms with van der Waals surface area (Å²) in [5.74, 6) is 0.919. The van der Waals surface area contributed by atoms with Crippen molar-refractivity contribution in [2.45, 2.75) is 19.4 Å². The average Bonchev–Trinajstić information content (AvgIpc) is 2.69. The first-order valence-electron chi connectivity index (χ1n) is 4.58. The van der Waals surface area contributed by atoms with Gasteiger partial charge in [0.15, 0.2) is 5.82 Å². The summed E-state index contributed by atoms with van der Waals surface area (Å²) in [6.07, 6.45) is 3.34. The topological polar surface area (TPSA) is 82.8 Å². The molecule has 0 aliphatic rings. The molecule has 0 saturated heterocycles. The molecule has 0 aliphatic heterocycles. The molecule has 0 spiro atoms. The predicted octanol–water partition coefficient (Wildman–Crippen LogP) is 0.664. The minimum atomic E-state index is -0.597. The Hall–Kier alpha value is -1.69. The van der Waals surface area contributed by atoms with Crippen LogP contribution in [0, 0.1) is 0 Å². The largest absolute Gasteiger partial charge is 0.332 e. The Labute approximate surface area is 87.1 Å². The highest BCUT2D eigenvalue weighted by atomic mass is 16.5. The molecule has 0 unspecified atom stereocenters. The quantitative estimate of drug-likeness (QED) is 0.782.